The van der Waals surface area contributed by atoms with Crippen molar-refractivity contribution in [3.63, 3.8) is 0 Å². The zero-order valence-electron chi connectivity index (χ0n) is 24.0. The van der Waals surface area contributed by atoms with Crippen molar-refractivity contribution < 1.29 is 19.4 Å². The third-order valence-corrected chi connectivity index (χ3v) is 8.41. The fraction of sp³-hybridized carbons (Fsp3) is 0.290. The molecule has 1 N–H and O–H groups in total. The van der Waals surface area contributed by atoms with Gasteiger partial charge < -0.3 is 29.1 Å². The quantitative estimate of drug-likeness (QED) is 0.314. The summed E-state index contributed by atoms with van der Waals surface area (Å²) in [6, 6.07) is 12.0. The Morgan fingerprint density at radius 3 is 2.66 bits per heavy atom. The van der Waals surface area contributed by atoms with Crippen molar-refractivity contribution in [3.8, 4) is 17.6 Å². The SMILES string of the molecule is CN(C)C1CN(c2ccc(-n3cc(C(=O)O)c(=O)c4cc(C#N)c(N5C(=O)CCC5COc5ncccc5Cl)cc43)cn2)C1. The molecule has 1 unspecified atom stereocenters. The monoisotopic (exact) mass is 613 g/mol. The number of ether oxygens (including phenoxy) is 1. The summed E-state index contributed by atoms with van der Waals surface area (Å²) in [5.41, 5.74) is 0.00169. The van der Waals surface area contributed by atoms with Gasteiger partial charge in [-0.15, -0.1) is 0 Å². The molecule has 0 saturated carbocycles. The highest BCUT2D eigenvalue weighted by Crippen LogP contribution is 2.34. The second kappa shape index (κ2) is 11.6. The molecule has 3 aromatic heterocycles. The number of benzene rings is 1. The third-order valence-electron chi connectivity index (χ3n) is 8.12. The zero-order valence-corrected chi connectivity index (χ0v) is 24.7. The molecular weight excluding hydrogens is 586 g/mol. The molecule has 0 aliphatic carbocycles. The lowest BCUT2D eigenvalue weighted by atomic mass is 10.0. The number of nitrogens with zero attached hydrogens (tertiary/aromatic N) is 7. The summed E-state index contributed by atoms with van der Waals surface area (Å²) in [5.74, 6) is -0.599. The maximum atomic E-state index is 13.3. The van der Waals surface area contributed by atoms with Gasteiger partial charge in [-0.05, 0) is 56.9 Å². The van der Waals surface area contributed by atoms with Crippen molar-refractivity contribution in [1.29, 1.82) is 5.26 Å². The number of rotatable bonds is 8. The third kappa shape index (κ3) is 5.21. The lowest BCUT2D eigenvalue weighted by molar-refractivity contribution is -0.117. The highest BCUT2D eigenvalue weighted by Gasteiger charge is 2.35. The number of hydrogen-bond donors (Lipinski definition) is 1. The van der Waals surface area contributed by atoms with Gasteiger partial charge in [0.05, 0.1) is 34.7 Å². The number of anilines is 2. The first-order valence-corrected chi connectivity index (χ1v) is 14.3. The van der Waals surface area contributed by atoms with Crippen LogP contribution < -0.4 is 20.0 Å². The van der Waals surface area contributed by atoms with E-state index in [-0.39, 0.29) is 35.8 Å². The molecule has 4 aromatic rings. The van der Waals surface area contributed by atoms with Crippen LogP contribution in [-0.4, -0.2) is 82.3 Å². The molecule has 12 nitrogen and oxygen atoms in total. The van der Waals surface area contributed by atoms with Gasteiger partial charge in [0.25, 0.3) is 0 Å². The van der Waals surface area contributed by atoms with Gasteiger partial charge in [-0.3, -0.25) is 9.59 Å². The minimum Gasteiger partial charge on any atom is -0.477 e. The van der Waals surface area contributed by atoms with Crippen LogP contribution in [0.3, 0.4) is 0 Å². The lowest BCUT2D eigenvalue weighted by Crippen LogP contribution is -2.57. The summed E-state index contributed by atoms with van der Waals surface area (Å²) < 4.78 is 7.40. The number of carboxylic acids is 1. The number of halogens is 1. The maximum Gasteiger partial charge on any atom is 0.341 e. The zero-order chi connectivity index (χ0) is 31.1. The Morgan fingerprint density at radius 1 is 1.20 bits per heavy atom. The highest BCUT2D eigenvalue weighted by molar-refractivity contribution is 6.31. The van der Waals surface area contributed by atoms with Crippen LogP contribution in [0.5, 0.6) is 5.88 Å². The largest absolute Gasteiger partial charge is 0.477 e. The Hall–Kier alpha value is -4.99. The average Bonchev–Trinajstić information content (AvgIpc) is 3.35. The van der Waals surface area contributed by atoms with E-state index in [2.05, 4.69) is 25.8 Å². The Morgan fingerprint density at radius 2 is 2.00 bits per heavy atom. The molecule has 0 radical (unpaired) electrons. The first-order chi connectivity index (χ1) is 21.2. The molecule has 224 valence electrons. The second-order valence-electron chi connectivity index (χ2n) is 11.0. The van der Waals surface area contributed by atoms with Crippen molar-refractivity contribution in [2.45, 2.75) is 24.9 Å². The van der Waals surface area contributed by atoms with E-state index >= 15 is 0 Å². The van der Waals surface area contributed by atoms with Crippen LogP contribution in [0, 0.1) is 11.3 Å². The summed E-state index contributed by atoms with van der Waals surface area (Å²) in [5, 5.41) is 20.3. The molecule has 2 fully saturated rings. The smallest absolute Gasteiger partial charge is 0.341 e. The number of aromatic nitrogens is 3. The van der Waals surface area contributed by atoms with Gasteiger partial charge >= 0.3 is 5.97 Å². The maximum absolute atomic E-state index is 13.3. The van der Waals surface area contributed by atoms with Crippen molar-refractivity contribution in [2.75, 3.05) is 43.6 Å². The molecule has 1 atom stereocenters. The molecule has 2 aliphatic rings. The van der Waals surface area contributed by atoms with Crippen LogP contribution in [0.4, 0.5) is 11.5 Å². The average molecular weight is 614 g/mol. The molecule has 1 aromatic carbocycles. The van der Waals surface area contributed by atoms with E-state index in [1.54, 1.807) is 41.2 Å². The normalized spacial score (nSPS) is 16.8. The molecular formula is C31H28ClN7O5. The Labute approximate surface area is 257 Å². The minimum absolute atomic E-state index is 0.0329. The van der Waals surface area contributed by atoms with Crippen molar-refractivity contribution in [2.24, 2.45) is 0 Å². The number of nitriles is 1. The molecule has 1 amide bonds. The molecule has 6 rings (SSSR count). The summed E-state index contributed by atoms with van der Waals surface area (Å²) in [6.07, 6.45) is 5.11. The Kier molecular flexibility index (Phi) is 7.67. The highest BCUT2D eigenvalue weighted by atomic mass is 35.5. The molecule has 5 heterocycles. The van der Waals surface area contributed by atoms with E-state index in [0.717, 1.165) is 18.9 Å². The summed E-state index contributed by atoms with van der Waals surface area (Å²) in [4.78, 5) is 53.1. The summed E-state index contributed by atoms with van der Waals surface area (Å²) in [7, 11) is 4.07. The number of aromatic carboxylic acids is 1. The number of likely N-dealkylation sites (N-methyl/N-ethyl adjacent to an activating group) is 1. The fourth-order valence-electron chi connectivity index (χ4n) is 5.58. The topological polar surface area (TPSA) is 145 Å². The molecule has 2 aliphatic heterocycles. The number of carbonyl (C=O) groups excluding carboxylic acids is 1. The van der Waals surface area contributed by atoms with E-state index in [9.17, 15) is 24.8 Å². The van der Waals surface area contributed by atoms with E-state index in [4.69, 9.17) is 16.3 Å². The number of amides is 1. The molecule has 2 saturated heterocycles. The fourth-order valence-corrected chi connectivity index (χ4v) is 5.75. The van der Waals surface area contributed by atoms with Gasteiger partial charge in [0.15, 0.2) is 0 Å². The van der Waals surface area contributed by atoms with Gasteiger partial charge in [0.1, 0.15) is 29.1 Å². The molecule has 13 heteroatoms. The molecule has 44 heavy (non-hydrogen) atoms. The summed E-state index contributed by atoms with van der Waals surface area (Å²) >= 11 is 6.19. The van der Waals surface area contributed by atoms with Crippen molar-refractivity contribution in [1.82, 2.24) is 19.4 Å². The lowest BCUT2D eigenvalue weighted by Gasteiger charge is -2.43. The predicted octanol–water partition coefficient (Wildman–Crippen LogP) is 3.33. The summed E-state index contributed by atoms with van der Waals surface area (Å²) in [6.45, 7) is 1.75. The second-order valence-corrected chi connectivity index (χ2v) is 11.4. The number of fused-ring (bicyclic) bond motifs is 1. The van der Waals surface area contributed by atoms with E-state index in [1.807, 2.05) is 20.2 Å². The minimum atomic E-state index is -1.40. The first kappa shape index (κ1) is 29.1. The number of carbonyl (C=O) groups is 2. The molecule has 0 bridgehead atoms. The van der Waals surface area contributed by atoms with Crippen LogP contribution in [0.1, 0.15) is 28.8 Å². The first-order valence-electron chi connectivity index (χ1n) is 14.0. The Bertz CT molecular complexity index is 1880. The van der Waals surface area contributed by atoms with Crippen LogP contribution >= 0.6 is 11.6 Å². The predicted molar refractivity (Wildman–Crippen MR) is 164 cm³/mol. The van der Waals surface area contributed by atoms with Crippen molar-refractivity contribution >= 4 is 45.9 Å². The van der Waals surface area contributed by atoms with Gasteiger partial charge in [-0.1, -0.05) is 11.6 Å². The molecule has 0 spiro atoms. The van der Waals surface area contributed by atoms with E-state index < -0.39 is 23.0 Å². The van der Waals surface area contributed by atoms with Crippen LogP contribution in [0.15, 0.2) is 59.8 Å². The van der Waals surface area contributed by atoms with E-state index in [1.165, 1.54) is 17.2 Å². The van der Waals surface area contributed by atoms with Gasteiger partial charge in [-0.2, -0.15) is 5.26 Å². The van der Waals surface area contributed by atoms with Gasteiger partial charge in [0, 0.05) is 43.3 Å². The number of carboxylic acid groups (broad SMARTS) is 1. The van der Waals surface area contributed by atoms with Gasteiger partial charge in [-0.25, -0.2) is 14.8 Å². The van der Waals surface area contributed by atoms with Gasteiger partial charge in [0.2, 0.25) is 17.2 Å². The van der Waals surface area contributed by atoms with Crippen molar-refractivity contribution in [3.05, 3.63) is 81.4 Å². The van der Waals surface area contributed by atoms with Crippen LogP contribution in [0.25, 0.3) is 16.6 Å². The van der Waals surface area contributed by atoms with Crippen LogP contribution in [-0.2, 0) is 4.79 Å². The number of hydrogen-bond acceptors (Lipinski definition) is 9. The Balaban J connectivity index is 1.42. The van der Waals surface area contributed by atoms with E-state index in [0.29, 0.717) is 34.4 Å². The number of pyridine rings is 3. The van der Waals surface area contributed by atoms with Crippen LogP contribution in [0.2, 0.25) is 5.02 Å². The standard InChI is InChI=1S/C31H28ClN7O5/c1-36(2)21-14-37(15-21)27-7-5-19(13-35-27)38-16-23(31(42)43)29(41)22-10-18(12-33)25(11-26(22)38)39-20(6-8-28(39)40)17-44-30-24(32)4-3-9-34-30/h3-5,7,9-11,13,16,20-21H,6,8,14-15,17H2,1-2H3,(H,42,43).